The van der Waals surface area contributed by atoms with Gasteiger partial charge in [0, 0.05) is 17.8 Å². The standard InChI is InChI=1S/C29H24N4/c1-29(2,25-13-7-15-27(30-25)32-19-17-21-9-3-5-11-23(21)32)26-14-8-16-28(31-26)33-20-18-22-10-4-6-12-24(22)33/h3-20H,1-2H3. The number of aromatic nitrogens is 4. The summed E-state index contributed by atoms with van der Waals surface area (Å²) in [6.45, 7) is 4.37. The van der Waals surface area contributed by atoms with Crippen molar-refractivity contribution in [3.8, 4) is 11.6 Å². The zero-order chi connectivity index (χ0) is 22.4. The first-order chi connectivity index (χ1) is 16.1. The molecule has 0 aliphatic carbocycles. The molecule has 0 aliphatic heterocycles. The van der Waals surface area contributed by atoms with E-state index in [0.29, 0.717) is 0 Å². The lowest BCUT2D eigenvalue weighted by molar-refractivity contribution is 0.592. The van der Waals surface area contributed by atoms with Crippen molar-refractivity contribution in [2.45, 2.75) is 19.3 Å². The summed E-state index contributed by atoms with van der Waals surface area (Å²) in [4.78, 5) is 10.1. The molecule has 0 bridgehead atoms. The van der Waals surface area contributed by atoms with E-state index in [1.165, 1.54) is 10.8 Å². The SMILES string of the molecule is CC(C)(c1cccc(-n2ccc3ccccc32)n1)c1cccc(-n2ccc3ccccc32)n1. The van der Waals surface area contributed by atoms with Crippen molar-refractivity contribution in [1.29, 1.82) is 0 Å². The van der Waals surface area contributed by atoms with Crippen LogP contribution in [0.1, 0.15) is 25.2 Å². The van der Waals surface area contributed by atoms with Crippen molar-refractivity contribution in [2.24, 2.45) is 0 Å². The van der Waals surface area contributed by atoms with Gasteiger partial charge in [-0.3, -0.25) is 0 Å². The Kier molecular flexibility index (Phi) is 4.40. The maximum Gasteiger partial charge on any atom is 0.137 e. The van der Waals surface area contributed by atoms with E-state index in [4.69, 9.17) is 9.97 Å². The number of rotatable bonds is 4. The van der Waals surface area contributed by atoms with Crippen LogP contribution in [0, 0.1) is 0 Å². The zero-order valence-electron chi connectivity index (χ0n) is 18.7. The Labute approximate surface area is 192 Å². The number of pyridine rings is 2. The van der Waals surface area contributed by atoms with Crippen LogP contribution >= 0.6 is 0 Å². The van der Waals surface area contributed by atoms with E-state index in [1.54, 1.807) is 0 Å². The number of benzene rings is 2. The van der Waals surface area contributed by atoms with Gasteiger partial charge in [0.25, 0.3) is 0 Å². The number of fused-ring (bicyclic) bond motifs is 2. The summed E-state index contributed by atoms with van der Waals surface area (Å²) in [5.74, 6) is 1.82. The molecule has 0 atom stereocenters. The predicted octanol–water partition coefficient (Wildman–Crippen LogP) is 6.69. The minimum Gasteiger partial charge on any atom is -0.301 e. The van der Waals surface area contributed by atoms with Crippen molar-refractivity contribution >= 4 is 21.8 Å². The van der Waals surface area contributed by atoms with Crippen molar-refractivity contribution in [3.63, 3.8) is 0 Å². The van der Waals surface area contributed by atoms with Gasteiger partial charge in [-0.05, 0) is 73.2 Å². The van der Waals surface area contributed by atoms with E-state index in [-0.39, 0.29) is 5.41 Å². The highest BCUT2D eigenvalue weighted by Gasteiger charge is 2.27. The van der Waals surface area contributed by atoms with Gasteiger partial charge in [0.05, 0.1) is 22.4 Å². The Morgan fingerprint density at radius 3 is 1.45 bits per heavy atom. The highest BCUT2D eigenvalue weighted by Crippen LogP contribution is 2.31. The lowest BCUT2D eigenvalue weighted by atomic mass is 9.84. The molecule has 4 heterocycles. The molecule has 0 radical (unpaired) electrons. The minimum absolute atomic E-state index is 0.363. The molecule has 6 rings (SSSR count). The molecule has 0 unspecified atom stereocenters. The van der Waals surface area contributed by atoms with Crippen molar-refractivity contribution in [3.05, 3.63) is 121 Å². The van der Waals surface area contributed by atoms with E-state index >= 15 is 0 Å². The topological polar surface area (TPSA) is 35.6 Å². The van der Waals surface area contributed by atoms with E-state index in [9.17, 15) is 0 Å². The molecule has 0 saturated heterocycles. The molecule has 0 fully saturated rings. The van der Waals surface area contributed by atoms with Crippen LogP contribution in [0.2, 0.25) is 0 Å². The Hall–Kier alpha value is -4.18. The summed E-state index contributed by atoms with van der Waals surface area (Å²) in [6, 6.07) is 33.5. The molecule has 4 heteroatoms. The normalized spacial score (nSPS) is 11.9. The average Bonchev–Trinajstić information content (AvgIpc) is 3.49. The molecule has 0 saturated carbocycles. The highest BCUT2D eigenvalue weighted by molar-refractivity contribution is 5.82. The average molecular weight is 429 g/mol. The van der Waals surface area contributed by atoms with Crippen LogP contribution in [0.4, 0.5) is 0 Å². The summed E-state index contributed by atoms with van der Waals surface area (Å²) < 4.78 is 4.29. The van der Waals surface area contributed by atoms with Crippen molar-refractivity contribution in [2.75, 3.05) is 0 Å². The van der Waals surface area contributed by atoms with Crippen LogP contribution in [0.5, 0.6) is 0 Å². The van der Waals surface area contributed by atoms with Crippen LogP contribution < -0.4 is 0 Å². The lowest BCUT2D eigenvalue weighted by Gasteiger charge is -2.25. The Bertz CT molecular complexity index is 1480. The number of para-hydroxylation sites is 2. The summed E-state index contributed by atoms with van der Waals surface area (Å²) in [6.07, 6.45) is 4.17. The summed E-state index contributed by atoms with van der Waals surface area (Å²) in [5.41, 5.74) is 3.91. The second-order valence-corrected chi connectivity index (χ2v) is 8.88. The first-order valence-electron chi connectivity index (χ1n) is 11.2. The quantitative estimate of drug-likeness (QED) is 0.314. The molecule has 0 amide bonds. The van der Waals surface area contributed by atoms with Gasteiger partial charge >= 0.3 is 0 Å². The van der Waals surface area contributed by atoms with Crippen molar-refractivity contribution < 1.29 is 0 Å². The largest absolute Gasteiger partial charge is 0.301 e. The van der Waals surface area contributed by atoms with Crippen LogP contribution in [-0.2, 0) is 5.41 Å². The smallest absolute Gasteiger partial charge is 0.137 e. The van der Waals surface area contributed by atoms with Gasteiger partial charge in [-0.2, -0.15) is 0 Å². The van der Waals surface area contributed by atoms with Gasteiger partial charge < -0.3 is 9.13 Å². The Morgan fingerprint density at radius 1 is 0.515 bits per heavy atom. The molecule has 0 aliphatic rings. The third kappa shape index (κ3) is 3.23. The van der Waals surface area contributed by atoms with Gasteiger partial charge in [-0.15, -0.1) is 0 Å². The zero-order valence-corrected chi connectivity index (χ0v) is 18.7. The van der Waals surface area contributed by atoms with Gasteiger partial charge in [0.2, 0.25) is 0 Å². The summed E-state index contributed by atoms with van der Waals surface area (Å²) in [5, 5.41) is 2.41. The van der Waals surface area contributed by atoms with Crippen LogP contribution in [0.15, 0.2) is 109 Å². The molecule has 160 valence electrons. The second-order valence-electron chi connectivity index (χ2n) is 8.88. The molecule has 6 aromatic rings. The first kappa shape index (κ1) is 19.5. The second kappa shape index (κ2) is 7.45. The summed E-state index contributed by atoms with van der Waals surface area (Å²) in [7, 11) is 0. The van der Waals surface area contributed by atoms with E-state index in [0.717, 1.165) is 34.1 Å². The molecule has 4 aromatic heterocycles. The highest BCUT2D eigenvalue weighted by atomic mass is 15.1. The van der Waals surface area contributed by atoms with E-state index < -0.39 is 0 Å². The molecular weight excluding hydrogens is 404 g/mol. The minimum atomic E-state index is -0.363. The van der Waals surface area contributed by atoms with Crippen LogP contribution in [0.3, 0.4) is 0 Å². The monoisotopic (exact) mass is 428 g/mol. The van der Waals surface area contributed by atoms with E-state index in [1.807, 2.05) is 0 Å². The lowest BCUT2D eigenvalue weighted by Crippen LogP contribution is -2.23. The molecule has 33 heavy (non-hydrogen) atoms. The summed E-state index contributed by atoms with van der Waals surface area (Å²) >= 11 is 0. The molecular formula is C29H24N4. The third-order valence-corrected chi connectivity index (χ3v) is 6.44. The fourth-order valence-corrected chi connectivity index (χ4v) is 4.51. The fraction of sp³-hybridized carbons (Fsp3) is 0.103. The fourth-order valence-electron chi connectivity index (χ4n) is 4.51. The van der Waals surface area contributed by atoms with Crippen LogP contribution in [0.25, 0.3) is 33.4 Å². The van der Waals surface area contributed by atoms with Gasteiger partial charge in [0.15, 0.2) is 0 Å². The number of hydrogen-bond acceptors (Lipinski definition) is 2. The molecule has 4 nitrogen and oxygen atoms in total. The predicted molar refractivity (Wildman–Crippen MR) is 134 cm³/mol. The van der Waals surface area contributed by atoms with Gasteiger partial charge in [0.1, 0.15) is 11.6 Å². The first-order valence-corrected chi connectivity index (χ1v) is 11.2. The van der Waals surface area contributed by atoms with Crippen molar-refractivity contribution in [1.82, 2.24) is 19.1 Å². The molecule has 0 N–H and O–H groups in total. The maximum atomic E-state index is 5.07. The number of nitrogens with zero attached hydrogens (tertiary/aromatic N) is 4. The Morgan fingerprint density at radius 2 is 0.970 bits per heavy atom. The Balaban J connectivity index is 1.42. The maximum absolute atomic E-state index is 5.07. The van der Waals surface area contributed by atoms with Crippen LogP contribution in [-0.4, -0.2) is 19.1 Å². The molecule has 0 spiro atoms. The molecule has 2 aromatic carbocycles. The van der Waals surface area contributed by atoms with Gasteiger partial charge in [-0.1, -0.05) is 48.5 Å². The third-order valence-electron chi connectivity index (χ3n) is 6.44. The van der Waals surface area contributed by atoms with E-state index in [2.05, 4.69) is 132 Å². The number of hydrogen-bond donors (Lipinski definition) is 0. The van der Waals surface area contributed by atoms with Gasteiger partial charge in [-0.25, -0.2) is 9.97 Å².